The van der Waals surface area contributed by atoms with E-state index in [9.17, 15) is 9.59 Å². The maximum atomic E-state index is 12.6. The van der Waals surface area contributed by atoms with Gasteiger partial charge in [0.1, 0.15) is 5.39 Å². The summed E-state index contributed by atoms with van der Waals surface area (Å²) in [7, 11) is 0. The molecular weight excluding hydrogens is 389 g/mol. The molecule has 2 heterocycles. The molecule has 0 aliphatic carbocycles. The van der Waals surface area contributed by atoms with Crippen molar-refractivity contribution in [1.82, 2.24) is 19.3 Å². The number of fused-ring (bicyclic) bond motifs is 1. The predicted octanol–water partition coefficient (Wildman–Crippen LogP) is 3.68. The van der Waals surface area contributed by atoms with E-state index in [1.54, 1.807) is 22.9 Å². The van der Waals surface area contributed by atoms with Gasteiger partial charge in [-0.15, -0.1) is 0 Å². The van der Waals surface area contributed by atoms with E-state index in [0.717, 1.165) is 0 Å². The van der Waals surface area contributed by atoms with Crippen LogP contribution in [0.25, 0.3) is 11.0 Å². The average Bonchev–Trinajstić information content (AvgIpc) is 3.02. The predicted molar refractivity (Wildman–Crippen MR) is 106 cm³/mol. The van der Waals surface area contributed by atoms with Gasteiger partial charge < -0.3 is 5.32 Å². The van der Waals surface area contributed by atoms with E-state index in [0.29, 0.717) is 26.8 Å². The third-order valence-electron chi connectivity index (χ3n) is 3.97. The zero-order chi connectivity index (χ0) is 19.8. The van der Waals surface area contributed by atoms with E-state index in [1.165, 1.54) is 17.1 Å². The molecule has 3 rings (SSSR count). The normalized spacial score (nSPS) is 11.7. The van der Waals surface area contributed by atoms with Crippen LogP contribution in [0.3, 0.4) is 0 Å². The molecule has 3 aromatic rings. The number of nitrogens with one attached hydrogen (secondary N) is 1. The van der Waals surface area contributed by atoms with Crippen LogP contribution in [-0.2, 0) is 16.9 Å². The van der Waals surface area contributed by atoms with Crippen LogP contribution >= 0.6 is 23.2 Å². The molecule has 27 heavy (non-hydrogen) atoms. The molecule has 0 atom stereocenters. The van der Waals surface area contributed by atoms with Gasteiger partial charge in [-0.25, -0.2) is 9.67 Å². The largest absolute Gasteiger partial charge is 0.325 e. The molecule has 0 unspecified atom stereocenters. The van der Waals surface area contributed by atoms with Crippen molar-refractivity contribution >= 4 is 45.8 Å². The smallest absolute Gasteiger partial charge is 0.264 e. The summed E-state index contributed by atoms with van der Waals surface area (Å²) in [5.74, 6) is -0.267. The molecule has 0 fully saturated rings. The molecule has 9 heteroatoms. The number of anilines is 1. The van der Waals surface area contributed by atoms with Gasteiger partial charge in [-0.1, -0.05) is 23.2 Å². The van der Waals surface area contributed by atoms with Crippen LogP contribution in [0.1, 0.15) is 27.2 Å². The number of halogens is 2. The fourth-order valence-electron chi connectivity index (χ4n) is 2.62. The first-order chi connectivity index (χ1) is 12.7. The fourth-order valence-corrected chi connectivity index (χ4v) is 3.08. The van der Waals surface area contributed by atoms with Gasteiger partial charge in [-0.3, -0.25) is 14.2 Å². The summed E-state index contributed by atoms with van der Waals surface area (Å²) in [5.41, 5.74) is 0.484. The van der Waals surface area contributed by atoms with Crippen molar-refractivity contribution in [3.05, 3.63) is 51.1 Å². The van der Waals surface area contributed by atoms with Crippen molar-refractivity contribution in [2.45, 2.75) is 39.3 Å². The zero-order valence-corrected chi connectivity index (χ0v) is 16.7. The molecule has 0 aliphatic heterocycles. The minimum atomic E-state index is -0.287. The topological polar surface area (TPSA) is 81.8 Å². The Kier molecular flexibility index (Phi) is 5.26. The minimum Gasteiger partial charge on any atom is -0.325 e. The number of rotatable bonds is 4. The lowest BCUT2D eigenvalue weighted by atomic mass is 10.1. The molecule has 0 radical (unpaired) electrons. The van der Waals surface area contributed by atoms with Crippen molar-refractivity contribution in [3.8, 4) is 0 Å². The lowest BCUT2D eigenvalue weighted by molar-refractivity contribution is -0.116. The number of amides is 1. The van der Waals surface area contributed by atoms with Crippen LogP contribution in [-0.4, -0.2) is 25.2 Å². The Balaban J connectivity index is 1.74. The molecular formula is C18H19Cl2N5O2. The second-order valence-electron chi connectivity index (χ2n) is 7.13. The Morgan fingerprint density at radius 2 is 2.00 bits per heavy atom. The second kappa shape index (κ2) is 7.32. The summed E-state index contributed by atoms with van der Waals surface area (Å²) in [6.45, 7) is 6.15. The summed E-state index contributed by atoms with van der Waals surface area (Å²) in [4.78, 5) is 29.2. The van der Waals surface area contributed by atoms with Gasteiger partial charge in [0.05, 0.1) is 28.8 Å². The van der Waals surface area contributed by atoms with Crippen LogP contribution < -0.4 is 10.9 Å². The summed E-state index contributed by atoms with van der Waals surface area (Å²) >= 11 is 11.9. The third kappa shape index (κ3) is 4.14. The van der Waals surface area contributed by atoms with Gasteiger partial charge in [0.25, 0.3) is 5.56 Å². The van der Waals surface area contributed by atoms with Crippen LogP contribution in [0.4, 0.5) is 5.69 Å². The lowest BCUT2D eigenvalue weighted by Gasteiger charge is -2.19. The maximum Gasteiger partial charge on any atom is 0.264 e. The Bertz CT molecular complexity index is 1070. The van der Waals surface area contributed by atoms with E-state index in [1.807, 2.05) is 20.8 Å². The molecule has 1 aromatic carbocycles. The lowest BCUT2D eigenvalue weighted by Crippen LogP contribution is -2.26. The highest BCUT2D eigenvalue weighted by Crippen LogP contribution is 2.25. The monoisotopic (exact) mass is 407 g/mol. The number of carbonyl (C=O) groups excluding carboxylic acids is 1. The van der Waals surface area contributed by atoms with Gasteiger partial charge in [0.2, 0.25) is 5.91 Å². The molecule has 142 valence electrons. The molecule has 1 N–H and O–H groups in total. The van der Waals surface area contributed by atoms with Crippen molar-refractivity contribution in [2.24, 2.45) is 0 Å². The molecule has 0 saturated carbocycles. The summed E-state index contributed by atoms with van der Waals surface area (Å²) < 4.78 is 3.11. The maximum absolute atomic E-state index is 12.6. The molecule has 1 amide bonds. The number of benzene rings is 1. The fraction of sp³-hybridized carbons (Fsp3) is 0.333. The quantitative estimate of drug-likeness (QED) is 0.714. The molecule has 0 bridgehead atoms. The number of hydrogen-bond donors (Lipinski definition) is 1. The van der Waals surface area contributed by atoms with E-state index in [2.05, 4.69) is 15.4 Å². The number of nitrogens with zero attached hydrogens (tertiary/aromatic N) is 4. The van der Waals surface area contributed by atoms with E-state index < -0.39 is 0 Å². The summed E-state index contributed by atoms with van der Waals surface area (Å²) in [6, 6.07) is 4.81. The first kappa shape index (κ1) is 19.4. The van der Waals surface area contributed by atoms with Gasteiger partial charge in [-0.2, -0.15) is 5.10 Å². The Morgan fingerprint density at radius 3 is 2.67 bits per heavy atom. The van der Waals surface area contributed by atoms with E-state index in [-0.39, 0.29) is 30.0 Å². The first-order valence-electron chi connectivity index (χ1n) is 8.35. The van der Waals surface area contributed by atoms with Crippen LogP contribution in [0, 0.1) is 0 Å². The Hall–Kier alpha value is -2.38. The van der Waals surface area contributed by atoms with Crippen LogP contribution in [0.15, 0.2) is 35.5 Å². The highest BCUT2D eigenvalue weighted by atomic mass is 35.5. The number of carbonyl (C=O) groups is 1. The van der Waals surface area contributed by atoms with Gasteiger partial charge >= 0.3 is 0 Å². The third-order valence-corrected chi connectivity index (χ3v) is 4.52. The molecule has 2 aromatic heterocycles. The van der Waals surface area contributed by atoms with Crippen molar-refractivity contribution < 1.29 is 4.79 Å². The Morgan fingerprint density at radius 1 is 1.26 bits per heavy atom. The molecule has 0 spiro atoms. The van der Waals surface area contributed by atoms with Crippen molar-refractivity contribution in [2.75, 3.05) is 5.32 Å². The van der Waals surface area contributed by atoms with Crippen molar-refractivity contribution in [3.63, 3.8) is 0 Å². The van der Waals surface area contributed by atoms with E-state index >= 15 is 0 Å². The minimum absolute atomic E-state index is 0.0967. The van der Waals surface area contributed by atoms with Crippen LogP contribution in [0.2, 0.25) is 10.0 Å². The number of aryl methyl sites for hydroxylation is 1. The summed E-state index contributed by atoms with van der Waals surface area (Å²) in [5, 5.41) is 8.24. The second-order valence-corrected chi connectivity index (χ2v) is 7.97. The van der Waals surface area contributed by atoms with Gasteiger partial charge in [0, 0.05) is 18.0 Å². The van der Waals surface area contributed by atoms with Crippen LogP contribution in [0.5, 0.6) is 0 Å². The average molecular weight is 408 g/mol. The molecule has 0 aliphatic rings. The van der Waals surface area contributed by atoms with Crippen molar-refractivity contribution in [1.29, 1.82) is 0 Å². The summed E-state index contributed by atoms with van der Waals surface area (Å²) in [6.07, 6.45) is 3.05. The number of aromatic nitrogens is 4. The highest BCUT2D eigenvalue weighted by molar-refractivity contribution is 6.36. The standard InChI is InChI=1S/C18H19Cl2N5O2/c1-18(2,3)25-16-12(9-22-25)17(27)24(10-21-16)7-6-15(26)23-14-5-4-11(19)8-13(14)20/h4-5,8-10H,6-7H2,1-3H3,(H,23,26). The highest BCUT2D eigenvalue weighted by Gasteiger charge is 2.19. The Labute approximate surface area is 165 Å². The first-order valence-corrected chi connectivity index (χ1v) is 9.11. The zero-order valence-electron chi connectivity index (χ0n) is 15.2. The number of hydrogen-bond acceptors (Lipinski definition) is 4. The molecule has 0 saturated heterocycles. The van der Waals surface area contributed by atoms with E-state index in [4.69, 9.17) is 23.2 Å². The molecule has 7 nitrogen and oxygen atoms in total. The SMILES string of the molecule is CC(C)(C)n1ncc2c(=O)n(CCC(=O)Nc3ccc(Cl)cc3Cl)cnc21. The van der Waals surface area contributed by atoms with Gasteiger partial charge in [0.15, 0.2) is 5.65 Å². The van der Waals surface area contributed by atoms with Gasteiger partial charge in [-0.05, 0) is 39.0 Å².